The van der Waals surface area contributed by atoms with E-state index in [9.17, 15) is 30.0 Å². The van der Waals surface area contributed by atoms with Crippen LogP contribution in [0.15, 0.2) is 12.1 Å². The fourth-order valence-corrected chi connectivity index (χ4v) is 3.81. The third-order valence-corrected chi connectivity index (χ3v) is 6.11. The molecule has 4 N–H and O–H groups in total. The molecule has 0 bridgehead atoms. The molecule has 0 aromatic heterocycles. The van der Waals surface area contributed by atoms with Crippen LogP contribution < -0.4 is 0 Å². The molecule has 6 nitrogen and oxygen atoms in total. The second-order valence-electron chi connectivity index (χ2n) is 7.99. The van der Waals surface area contributed by atoms with Gasteiger partial charge < -0.3 is 20.4 Å². The first kappa shape index (κ1) is 18.5. The zero-order valence-corrected chi connectivity index (χ0v) is 14.8. The number of carboxylic acids is 2. The molecule has 2 aliphatic rings. The van der Waals surface area contributed by atoms with Crippen LogP contribution in [-0.4, -0.2) is 32.4 Å². The van der Waals surface area contributed by atoms with Gasteiger partial charge in [0.1, 0.15) is 0 Å². The lowest BCUT2D eigenvalue weighted by Crippen LogP contribution is -2.15. The summed E-state index contributed by atoms with van der Waals surface area (Å²) in [5, 5.41) is 38.1. The van der Waals surface area contributed by atoms with E-state index in [1.54, 1.807) is 12.1 Å². The summed E-state index contributed by atoms with van der Waals surface area (Å²) in [4.78, 5) is 22.5. The van der Waals surface area contributed by atoms with Crippen molar-refractivity contribution in [1.29, 1.82) is 0 Å². The highest BCUT2D eigenvalue weighted by molar-refractivity contribution is 5.78. The molecule has 0 unspecified atom stereocenters. The first-order valence-corrected chi connectivity index (χ1v) is 9.29. The molecular weight excluding hydrogens is 336 g/mol. The van der Waals surface area contributed by atoms with Gasteiger partial charge in [-0.25, -0.2) is 0 Å². The van der Waals surface area contributed by atoms with Gasteiger partial charge in [0.2, 0.25) is 0 Å². The Bertz CT molecular complexity index is 654. The van der Waals surface area contributed by atoms with Crippen LogP contribution in [0.25, 0.3) is 0 Å². The smallest absolute Gasteiger partial charge is 0.309 e. The molecule has 2 saturated carbocycles. The Labute approximate surface area is 152 Å². The van der Waals surface area contributed by atoms with E-state index in [1.807, 2.05) is 0 Å². The Hall–Kier alpha value is -2.24. The van der Waals surface area contributed by atoms with Crippen molar-refractivity contribution < 1.29 is 30.0 Å². The summed E-state index contributed by atoms with van der Waals surface area (Å²) < 4.78 is 0. The van der Waals surface area contributed by atoms with Crippen LogP contribution in [-0.2, 0) is 22.4 Å². The van der Waals surface area contributed by atoms with E-state index in [2.05, 4.69) is 0 Å². The molecule has 6 heteroatoms. The van der Waals surface area contributed by atoms with E-state index < -0.39 is 22.8 Å². The van der Waals surface area contributed by atoms with Crippen LogP contribution in [0, 0.1) is 10.8 Å². The molecule has 142 valence electrons. The minimum Gasteiger partial charge on any atom is -0.504 e. The van der Waals surface area contributed by atoms with E-state index in [-0.39, 0.29) is 11.5 Å². The van der Waals surface area contributed by atoms with Crippen LogP contribution in [0.1, 0.15) is 62.5 Å². The summed E-state index contributed by atoms with van der Waals surface area (Å²) in [6.07, 6.45) is 6.86. The SMILES string of the molecule is O=C(O)C1(CCCc2cc(O)c(O)cc2CCCC2(C(=O)O)CC2)CC1. The molecule has 0 aliphatic heterocycles. The van der Waals surface area contributed by atoms with Gasteiger partial charge in [0.25, 0.3) is 0 Å². The lowest BCUT2D eigenvalue weighted by Gasteiger charge is -2.14. The summed E-state index contributed by atoms with van der Waals surface area (Å²) in [6.45, 7) is 0. The maximum absolute atomic E-state index is 11.3. The van der Waals surface area contributed by atoms with Gasteiger partial charge in [-0.15, -0.1) is 0 Å². The number of hydrogen-bond acceptors (Lipinski definition) is 4. The summed E-state index contributed by atoms with van der Waals surface area (Å²) in [7, 11) is 0. The van der Waals surface area contributed by atoms with Gasteiger partial charge in [-0.05, 0) is 87.5 Å². The number of phenols is 2. The van der Waals surface area contributed by atoms with Crippen molar-refractivity contribution >= 4 is 11.9 Å². The van der Waals surface area contributed by atoms with Crippen molar-refractivity contribution in [3.05, 3.63) is 23.3 Å². The van der Waals surface area contributed by atoms with Crippen molar-refractivity contribution in [1.82, 2.24) is 0 Å². The summed E-state index contributed by atoms with van der Waals surface area (Å²) in [5.74, 6) is -1.80. The highest BCUT2D eigenvalue weighted by Gasteiger charge is 2.50. The van der Waals surface area contributed by atoms with Gasteiger partial charge in [-0.1, -0.05) is 0 Å². The molecule has 0 radical (unpaired) electrons. The average molecular weight is 362 g/mol. The number of carboxylic acid groups (broad SMARTS) is 2. The quantitative estimate of drug-likeness (QED) is 0.474. The molecular formula is C20H26O6. The van der Waals surface area contributed by atoms with Crippen molar-refractivity contribution in [2.75, 3.05) is 0 Å². The Morgan fingerprint density at radius 2 is 1.12 bits per heavy atom. The highest BCUT2D eigenvalue weighted by Crippen LogP contribution is 2.51. The van der Waals surface area contributed by atoms with Crippen LogP contribution in [0.3, 0.4) is 0 Å². The van der Waals surface area contributed by atoms with Gasteiger partial charge in [0, 0.05) is 0 Å². The standard InChI is InChI=1S/C20H26O6/c21-15-11-13(3-1-5-19(7-8-19)17(23)24)14(12-16(15)22)4-2-6-20(9-10-20)18(25)26/h11-12,21-22H,1-10H2,(H,23,24)(H,25,26). The number of rotatable bonds is 10. The predicted molar refractivity (Wildman–Crippen MR) is 94.3 cm³/mol. The van der Waals surface area contributed by atoms with Gasteiger partial charge in [0.15, 0.2) is 11.5 Å². The second-order valence-corrected chi connectivity index (χ2v) is 7.99. The molecule has 0 atom stereocenters. The third kappa shape index (κ3) is 3.79. The van der Waals surface area contributed by atoms with E-state index in [0.717, 1.165) is 36.8 Å². The molecule has 2 aliphatic carbocycles. The Morgan fingerprint density at radius 3 is 1.38 bits per heavy atom. The first-order chi connectivity index (χ1) is 12.3. The summed E-state index contributed by atoms with van der Waals surface area (Å²) >= 11 is 0. The van der Waals surface area contributed by atoms with Crippen molar-refractivity contribution in [2.45, 2.75) is 64.2 Å². The highest BCUT2D eigenvalue weighted by atomic mass is 16.4. The molecule has 3 rings (SSSR count). The Morgan fingerprint density at radius 1 is 0.769 bits per heavy atom. The zero-order valence-electron chi connectivity index (χ0n) is 14.8. The molecule has 0 heterocycles. The number of benzene rings is 1. The fourth-order valence-electron chi connectivity index (χ4n) is 3.81. The van der Waals surface area contributed by atoms with Crippen LogP contribution in [0.2, 0.25) is 0 Å². The second kappa shape index (κ2) is 6.82. The first-order valence-electron chi connectivity index (χ1n) is 9.29. The number of aliphatic carboxylic acids is 2. The van der Waals surface area contributed by atoms with Gasteiger partial charge in [-0.2, -0.15) is 0 Å². The molecule has 2 fully saturated rings. The molecule has 0 amide bonds. The molecule has 1 aromatic rings. The number of aromatic hydroxyl groups is 2. The Balaban J connectivity index is 1.60. The Kier molecular flexibility index (Phi) is 4.86. The topological polar surface area (TPSA) is 115 Å². The van der Waals surface area contributed by atoms with Gasteiger partial charge in [-0.3, -0.25) is 9.59 Å². The van der Waals surface area contributed by atoms with Crippen molar-refractivity contribution in [3.63, 3.8) is 0 Å². The van der Waals surface area contributed by atoms with Crippen LogP contribution in [0.5, 0.6) is 11.5 Å². The number of aryl methyl sites for hydroxylation is 2. The molecule has 26 heavy (non-hydrogen) atoms. The molecule has 0 saturated heterocycles. The summed E-state index contributed by atoms with van der Waals surface area (Å²) in [6, 6.07) is 3.10. The maximum atomic E-state index is 11.3. The van der Waals surface area contributed by atoms with Gasteiger partial charge >= 0.3 is 11.9 Å². The average Bonchev–Trinajstić information content (AvgIpc) is 3.47. The van der Waals surface area contributed by atoms with Crippen molar-refractivity contribution in [3.8, 4) is 11.5 Å². The van der Waals surface area contributed by atoms with Crippen molar-refractivity contribution in [2.24, 2.45) is 10.8 Å². The monoisotopic (exact) mass is 362 g/mol. The predicted octanol–water partition coefficient (Wildman–Crippen LogP) is 3.47. The number of hydrogen-bond donors (Lipinski definition) is 4. The number of phenolic OH excluding ortho intramolecular Hbond substituents is 2. The fraction of sp³-hybridized carbons (Fsp3) is 0.600. The van der Waals surface area contributed by atoms with E-state index in [4.69, 9.17) is 0 Å². The van der Waals surface area contributed by atoms with Gasteiger partial charge in [0.05, 0.1) is 10.8 Å². The lowest BCUT2D eigenvalue weighted by molar-refractivity contribution is -0.144. The molecule has 1 aromatic carbocycles. The number of carbonyl (C=O) groups is 2. The minimum atomic E-state index is -0.727. The summed E-state index contributed by atoms with van der Waals surface area (Å²) in [5.41, 5.74) is 0.695. The van der Waals surface area contributed by atoms with E-state index >= 15 is 0 Å². The minimum absolute atomic E-state index is 0.174. The maximum Gasteiger partial charge on any atom is 0.309 e. The third-order valence-electron chi connectivity index (χ3n) is 6.11. The molecule has 0 spiro atoms. The van der Waals surface area contributed by atoms with Crippen LogP contribution >= 0.6 is 0 Å². The van der Waals surface area contributed by atoms with E-state index in [0.29, 0.717) is 38.5 Å². The van der Waals surface area contributed by atoms with E-state index in [1.165, 1.54) is 0 Å². The normalized spacial score (nSPS) is 19.1. The lowest BCUT2D eigenvalue weighted by atomic mass is 9.91. The largest absolute Gasteiger partial charge is 0.504 e. The van der Waals surface area contributed by atoms with Crippen LogP contribution in [0.4, 0.5) is 0 Å². The zero-order chi connectivity index (χ0) is 18.9.